The first kappa shape index (κ1) is 25.0. The van der Waals surface area contributed by atoms with Gasteiger partial charge in [-0.15, -0.1) is 15.3 Å². The van der Waals surface area contributed by atoms with Crippen molar-refractivity contribution in [2.45, 2.75) is 54.3 Å². The van der Waals surface area contributed by atoms with Crippen LogP contribution < -0.4 is 10.1 Å². The van der Waals surface area contributed by atoms with Crippen molar-refractivity contribution in [3.8, 4) is 5.88 Å². The predicted molar refractivity (Wildman–Crippen MR) is 149 cm³/mol. The number of hydrogen-bond acceptors (Lipinski definition) is 10. The maximum atomic E-state index is 12.8. The summed E-state index contributed by atoms with van der Waals surface area (Å²) in [5, 5.41) is 17.5. The molecule has 0 radical (unpaired) electrons. The van der Waals surface area contributed by atoms with Gasteiger partial charge in [0.15, 0.2) is 10.8 Å². The lowest BCUT2D eigenvalue weighted by molar-refractivity contribution is -0.0189. The first-order chi connectivity index (χ1) is 19.2. The average Bonchev–Trinajstić information content (AvgIpc) is 3.52. The number of nitrogens with zero attached hydrogens (tertiary/aromatic N) is 7. The zero-order valence-corrected chi connectivity index (χ0v) is 23.1. The van der Waals surface area contributed by atoms with Gasteiger partial charge in [-0.25, -0.2) is 9.78 Å². The van der Waals surface area contributed by atoms with E-state index in [1.54, 1.807) is 4.52 Å². The van der Waals surface area contributed by atoms with Crippen LogP contribution in [0.15, 0.2) is 40.4 Å². The van der Waals surface area contributed by atoms with Gasteiger partial charge >= 0.3 is 6.03 Å². The van der Waals surface area contributed by atoms with Crippen molar-refractivity contribution in [3.05, 3.63) is 30.3 Å². The van der Waals surface area contributed by atoms with Crippen molar-refractivity contribution in [3.63, 3.8) is 0 Å². The Hall–Kier alpha value is -3.00. The lowest BCUT2D eigenvalue weighted by Gasteiger charge is -2.46. The van der Waals surface area contributed by atoms with Crippen LogP contribution in [0.25, 0.3) is 15.9 Å². The Balaban J connectivity index is 1.00. The van der Waals surface area contributed by atoms with E-state index in [0.29, 0.717) is 27.9 Å². The molecule has 0 spiro atoms. The lowest BCUT2D eigenvalue weighted by atomic mass is 9.98. The van der Waals surface area contributed by atoms with Gasteiger partial charge in [0.1, 0.15) is 6.10 Å². The number of hydrogen-bond donors (Lipinski definition) is 1. The number of carbonyl (C=O) groups excluding carboxylic acids is 1. The number of carbonyl (C=O) groups is 1. The van der Waals surface area contributed by atoms with Crippen LogP contribution in [-0.4, -0.2) is 92.2 Å². The fourth-order valence-electron chi connectivity index (χ4n) is 5.33. The number of thiazole rings is 1. The molecule has 204 valence electrons. The molecule has 1 saturated carbocycles. The molecule has 0 atom stereocenters. The van der Waals surface area contributed by atoms with Crippen molar-refractivity contribution >= 4 is 50.1 Å². The first-order valence-corrected chi connectivity index (χ1v) is 15.2. The van der Waals surface area contributed by atoms with E-state index in [9.17, 15) is 4.79 Å². The zero-order valence-electron chi connectivity index (χ0n) is 21.5. The van der Waals surface area contributed by atoms with Crippen molar-refractivity contribution in [2.75, 3.05) is 44.7 Å². The third-order valence-electron chi connectivity index (χ3n) is 7.54. The maximum Gasteiger partial charge on any atom is 0.323 e. The molecule has 3 aliphatic rings. The molecule has 7 rings (SSSR count). The molecule has 0 bridgehead atoms. The number of fused-ring (bicyclic) bond motifs is 2. The molecule has 4 aromatic rings. The highest BCUT2D eigenvalue weighted by molar-refractivity contribution is 7.99. The van der Waals surface area contributed by atoms with Gasteiger partial charge in [-0.05, 0) is 61.7 Å². The normalized spacial score (nSPS) is 19.4. The second-order valence-electron chi connectivity index (χ2n) is 10.2. The predicted octanol–water partition coefficient (Wildman–Crippen LogP) is 4.15. The Morgan fingerprint density at radius 3 is 2.77 bits per heavy atom. The van der Waals surface area contributed by atoms with Crippen LogP contribution in [0.4, 0.5) is 9.93 Å². The molecule has 1 aliphatic carbocycles. The standard InChI is InChI=1S/C26H30N8O3S2/c35-25(33-15-17(16-33)32-10-12-36-13-11-32)28-24-27-20-7-6-19(14-21(20)39-24)38-26-30-29-22-8-9-23(31-34(22)26)37-18-4-2-1-3-5-18/h6-9,14,17-18H,1-5,10-13,15-16H2,(H,27,28,35). The Morgan fingerprint density at radius 1 is 1.08 bits per heavy atom. The van der Waals surface area contributed by atoms with Gasteiger partial charge < -0.3 is 14.4 Å². The van der Waals surface area contributed by atoms with Gasteiger partial charge in [0, 0.05) is 43.2 Å². The summed E-state index contributed by atoms with van der Waals surface area (Å²) in [6.07, 6.45) is 6.08. The third kappa shape index (κ3) is 5.40. The van der Waals surface area contributed by atoms with Gasteiger partial charge in [-0.3, -0.25) is 10.2 Å². The summed E-state index contributed by atoms with van der Waals surface area (Å²) in [5.74, 6) is 0.604. The van der Waals surface area contributed by atoms with Crippen LogP contribution in [0.5, 0.6) is 5.88 Å². The fourth-order valence-corrected chi connectivity index (χ4v) is 7.12. The zero-order chi connectivity index (χ0) is 26.2. The molecule has 13 heteroatoms. The smallest absolute Gasteiger partial charge is 0.323 e. The van der Waals surface area contributed by atoms with Gasteiger partial charge in [-0.2, -0.15) is 4.52 Å². The van der Waals surface area contributed by atoms with Crippen LogP contribution in [-0.2, 0) is 4.74 Å². The summed E-state index contributed by atoms with van der Waals surface area (Å²) in [6, 6.07) is 10.1. The van der Waals surface area contributed by atoms with Crippen LogP contribution in [0, 0.1) is 0 Å². The quantitative estimate of drug-likeness (QED) is 0.368. The van der Waals surface area contributed by atoms with Crippen molar-refractivity contribution in [1.82, 2.24) is 34.6 Å². The molecule has 0 unspecified atom stereocenters. The first-order valence-electron chi connectivity index (χ1n) is 13.5. The summed E-state index contributed by atoms with van der Waals surface area (Å²) in [5.41, 5.74) is 1.53. The highest BCUT2D eigenvalue weighted by atomic mass is 32.2. The van der Waals surface area contributed by atoms with Crippen molar-refractivity contribution < 1.29 is 14.3 Å². The van der Waals surface area contributed by atoms with Gasteiger partial charge in [0.25, 0.3) is 0 Å². The van der Waals surface area contributed by atoms with Crippen molar-refractivity contribution in [1.29, 1.82) is 0 Å². The Morgan fingerprint density at radius 2 is 1.92 bits per heavy atom. The molecule has 3 aromatic heterocycles. The summed E-state index contributed by atoms with van der Waals surface area (Å²) >= 11 is 2.96. The number of morpholine rings is 1. The number of aromatic nitrogens is 5. The third-order valence-corrected chi connectivity index (χ3v) is 9.40. The van der Waals surface area contributed by atoms with E-state index in [-0.39, 0.29) is 12.1 Å². The highest BCUT2D eigenvalue weighted by Crippen LogP contribution is 2.33. The second-order valence-corrected chi connectivity index (χ2v) is 12.3. The summed E-state index contributed by atoms with van der Waals surface area (Å²) in [4.78, 5) is 22.6. The topological polar surface area (TPSA) is 110 Å². The van der Waals surface area contributed by atoms with Crippen LogP contribution in [0.2, 0.25) is 0 Å². The number of rotatable bonds is 6. The molecular weight excluding hydrogens is 536 g/mol. The maximum absolute atomic E-state index is 12.8. The molecule has 3 fully saturated rings. The van der Waals surface area contributed by atoms with E-state index in [0.717, 1.165) is 67.3 Å². The van der Waals surface area contributed by atoms with Crippen LogP contribution in [0.3, 0.4) is 0 Å². The summed E-state index contributed by atoms with van der Waals surface area (Å²) in [6.45, 7) is 4.90. The number of likely N-dealkylation sites (tertiary alicyclic amines) is 1. The SMILES string of the molecule is O=C(Nc1nc2ccc(Sc3nnc4ccc(OC5CCCCC5)nn34)cc2s1)N1CC(N2CCOCC2)C1. The Labute approximate surface area is 233 Å². The minimum absolute atomic E-state index is 0.0968. The van der Waals surface area contributed by atoms with Gasteiger partial charge in [0.2, 0.25) is 11.0 Å². The number of anilines is 1. The molecule has 1 N–H and O–H groups in total. The summed E-state index contributed by atoms with van der Waals surface area (Å²) < 4.78 is 14.3. The number of benzene rings is 1. The lowest BCUT2D eigenvalue weighted by Crippen LogP contribution is -2.63. The number of nitrogens with one attached hydrogen (secondary N) is 1. The number of urea groups is 1. The molecule has 2 saturated heterocycles. The summed E-state index contributed by atoms with van der Waals surface area (Å²) in [7, 11) is 0. The molecule has 11 nitrogen and oxygen atoms in total. The van der Waals surface area contributed by atoms with E-state index in [2.05, 4.69) is 36.6 Å². The van der Waals surface area contributed by atoms with Crippen LogP contribution >= 0.6 is 23.1 Å². The minimum atomic E-state index is -0.0968. The van der Waals surface area contributed by atoms with E-state index in [1.807, 2.05) is 29.2 Å². The highest BCUT2D eigenvalue weighted by Gasteiger charge is 2.35. The molecule has 1 aromatic carbocycles. The Bertz CT molecular complexity index is 1470. The second kappa shape index (κ2) is 10.9. The van der Waals surface area contributed by atoms with Crippen LogP contribution in [0.1, 0.15) is 32.1 Å². The molecule has 39 heavy (non-hydrogen) atoms. The largest absolute Gasteiger partial charge is 0.473 e. The fraction of sp³-hybridized carbons (Fsp3) is 0.500. The van der Waals surface area contributed by atoms with E-state index >= 15 is 0 Å². The van der Waals surface area contributed by atoms with Gasteiger partial charge in [-0.1, -0.05) is 17.8 Å². The van der Waals surface area contributed by atoms with Gasteiger partial charge in [0.05, 0.1) is 23.4 Å². The van der Waals surface area contributed by atoms with E-state index in [1.165, 1.54) is 42.4 Å². The molecule has 2 aliphatic heterocycles. The monoisotopic (exact) mass is 566 g/mol. The Kier molecular flexibility index (Phi) is 6.97. The molecular formula is C26H30N8O3S2. The number of ether oxygens (including phenoxy) is 2. The average molecular weight is 567 g/mol. The molecule has 5 heterocycles. The molecule has 2 amide bonds. The minimum Gasteiger partial charge on any atom is -0.473 e. The number of amides is 2. The van der Waals surface area contributed by atoms with Crippen molar-refractivity contribution in [2.24, 2.45) is 0 Å². The van der Waals surface area contributed by atoms with E-state index < -0.39 is 0 Å². The van der Waals surface area contributed by atoms with E-state index in [4.69, 9.17) is 9.47 Å².